The molecule has 2 rings (SSSR count). The van der Waals surface area contributed by atoms with Gasteiger partial charge in [0.1, 0.15) is 5.82 Å². The number of anilines is 1. The average molecular weight is 178 g/mol. The van der Waals surface area contributed by atoms with Gasteiger partial charge in [0.25, 0.3) is 0 Å². The summed E-state index contributed by atoms with van der Waals surface area (Å²) in [5.74, 6) is 2.99. The maximum atomic E-state index is 4.44. The molecular weight excluding hydrogens is 164 g/mol. The van der Waals surface area contributed by atoms with Gasteiger partial charge in [-0.3, -0.25) is 0 Å². The van der Waals surface area contributed by atoms with Crippen LogP contribution in [0.5, 0.6) is 0 Å². The summed E-state index contributed by atoms with van der Waals surface area (Å²) in [6, 6.07) is 0. The largest absolute Gasteiger partial charge is 0.363 e. The van der Waals surface area contributed by atoms with Gasteiger partial charge in [-0.25, -0.2) is 9.98 Å². The van der Waals surface area contributed by atoms with Gasteiger partial charge in [-0.1, -0.05) is 6.92 Å². The Morgan fingerprint density at radius 2 is 2.46 bits per heavy atom. The summed E-state index contributed by atoms with van der Waals surface area (Å²) in [7, 11) is 2.03. The molecule has 0 radical (unpaired) electrons. The van der Waals surface area contributed by atoms with Gasteiger partial charge < -0.3 is 9.88 Å². The molecule has 0 aromatic carbocycles. The number of fused-ring (bicyclic) bond motifs is 1. The number of aromatic nitrogens is 2. The Hall–Kier alpha value is -1.32. The van der Waals surface area contributed by atoms with Crippen molar-refractivity contribution in [3.05, 3.63) is 5.82 Å². The maximum absolute atomic E-state index is 4.44. The Balaban J connectivity index is 2.40. The van der Waals surface area contributed by atoms with Gasteiger partial charge in [0, 0.05) is 19.7 Å². The van der Waals surface area contributed by atoms with Crippen molar-refractivity contribution in [1.29, 1.82) is 0 Å². The fourth-order valence-corrected chi connectivity index (χ4v) is 1.54. The van der Waals surface area contributed by atoms with Crippen LogP contribution in [0.25, 0.3) is 0 Å². The molecule has 0 saturated carbocycles. The van der Waals surface area contributed by atoms with Gasteiger partial charge in [0.2, 0.25) is 0 Å². The molecule has 0 fully saturated rings. The molecule has 4 heteroatoms. The van der Waals surface area contributed by atoms with Crippen LogP contribution < -0.4 is 5.32 Å². The number of aryl methyl sites for hydroxylation is 1. The predicted octanol–water partition coefficient (Wildman–Crippen LogP) is 1.50. The number of hydrogen-bond acceptors (Lipinski definition) is 3. The van der Waals surface area contributed by atoms with Crippen LogP contribution >= 0.6 is 0 Å². The van der Waals surface area contributed by atoms with Crippen molar-refractivity contribution in [3.8, 4) is 0 Å². The highest BCUT2D eigenvalue weighted by Gasteiger charge is 2.14. The summed E-state index contributed by atoms with van der Waals surface area (Å²) in [5.41, 5.74) is 0. The molecule has 0 aliphatic carbocycles. The predicted molar refractivity (Wildman–Crippen MR) is 53.8 cm³/mol. The lowest BCUT2D eigenvalue weighted by Crippen LogP contribution is -2.10. The van der Waals surface area contributed by atoms with Crippen molar-refractivity contribution in [3.63, 3.8) is 0 Å². The highest BCUT2D eigenvalue weighted by atomic mass is 15.2. The van der Waals surface area contributed by atoms with Crippen LogP contribution in [0.3, 0.4) is 0 Å². The first-order valence-corrected chi connectivity index (χ1v) is 4.65. The quantitative estimate of drug-likeness (QED) is 0.745. The molecule has 0 atom stereocenters. The number of rotatable bonds is 2. The minimum absolute atomic E-state index is 0.804. The maximum Gasteiger partial charge on any atom is 0.195 e. The molecule has 1 N–H and O–H groups in total. The van der Waals surface area contributed by atoms with E-state index in [1.54, 1.807) is 0 Å². The zero-order valence-corrected chi connectivity index (χ0v) is 8.04. The molecule has 1 aromatic rings. The Labute approximate surface area is 77.7 Å². The molecule has 0 bridgehead atoms. The van der Waals surface area contributed by atoms with Crippen molar-refractivity contribution in [1.82, 2.24) is 9.55 Å². The highest BCUT2D eigenvalue weighted by Crippen LogP contribution is 2.26. The van der Waals surface area contributed by atoms with E-state index in [1.165, 1.54) is 0 Å². The molecule has 4 nitrogen and oxygen atoms in total. The first-order chi connectivity index (χ1) is 6.33. The van der Waals surface area contributed by atoms with Crippen LogP contribution in [-0.2, 0) is 13.5 Å². The van der Waals surface area contributed by atoms with E-state index in [9.17, 15) is 0 Å². The number of aliphatic imine (C=N–C) groups is 1. The Kier molecular flexibility index (Phi) is 2.04. The SMILES string of the molecule is CCCc1nc2c(n1C)NCC=N2. The number of hydrogen-bond donors (Lipinski definition) is 1. The Morgan fingerprint density at radius 1 is 1.62 bits per heavy atom. The molecule has 0 saturated heterocycles. The van der Waals surface area contributed by atoms with Gasteiger partial charge >= 0.3 is 0 Å². The lowest BCUT2D eigenvalue weighted by atomic mass is 10.3. The minimum Gasteiger partial charge on any atom is -0.363 e. The van der Waals surface area contributed by atoms with E-state index in [2.05, 4.69) is 26.8 Å². The molecule has 70 valence electrons. The van der Waals surface area contributed by atoms with Gasteiger partial charge in [0.15, 0.2) is 11.6 Å². The van der Waals surface area contributed by atoms with Crippen LogP contribution in [-0.4, -0.2) is 22.3 Å². The second-order valence-electron chi connectivity index (χ2n) is 3.20. The van der Waals surface area contributed by atoms with Crippen molar-refractivity contribution in [2.45, 2.75) is 19.8 Å². The fraction of sp³-hybridized carbons (Fsp3) is 0.556. The van der Waals surface area contributed by atoms with Crippen LogP contribution in [0, 0.1) is 0 Å². The topological polar surface area (TPSA) is 42.2 Å². The summed E-state index contributed by atoms with van der Waals surface area (Å²) < 4.78 is 2.09. The lowest BCUT2D eigenvalue weighted by molar-refractivity contribution is 0.762. The summed E-state index contributed by atoms with van der Waals surface area (Å²) >= 11 is 0. The molecule has 1 aliphatic rings. The van der Waals surface area contributed by atoms with Crippen molar-refractivity contribution in [2.75, 3.05) is 11.9 Å². The third kappa shape index (κ3) is 1.32. The molecule has 13 heavy (non-hydrogen) atoms. The zero-order valence-electron chi connectivity index (χ0n) is 8.04. The smallest absolute Gasteiger partial charge is 0.195 e. The van der Waals surface area contributed by atoms with Gasteiger partial charge in [0.05, 0.1) is 6.54 Å². The number of nitrogens with one attached hydrogen (secondary N) is 1. The van der Waals surface area contributed by atoms with Crippen LogP contribution in [0.4, 0.5) is 11.6 Å². The molecule has 0 spiro atoms. The normalized spacial score (nSPS) is 14.0. The highest BCUT2D eigenvalue weighted by molar-refractivity contribution is 5.76. The Bertz CT molecular complexity index is 338. The molecule has 1 aromatic heterocycles. The lowest BCUT2D eigenvalue weighted by Gasteiger charge is -2.08. The summed E-state index contributed by atoms with van der Waals surface area (Å²) in [4.78, 5) is 8.68. The van der Waals surface area contributed by atoms with E-state index in [0.29, 0.717) is 0 Å². The average Bonchev–Trinajstić information content (AvgIpc) is 2.46. The second-order valence-corrected chi connectivity index (χ2v) is 3.20. The summed E-state index contributed by atoms with van der Waals surface area (Å²) in [5, 5.41) is 3.26. The van der Waals surface area contributed by atoms with Crippen LogP contribution in [0.1, 0.15) is 19.2 Å². The number of imidazole rings is 1. The molecule has 1 aliphatic heterocycles. The first kappa shape index (κ1) is 8.29. The summed E-state index contributed by atoms with van der Waals surface area (Å²) in [6.07, 6.45) is 3.99. The van der Waals surface area contributed by atoms with Crippen LogP contribution in [0.2, 0.25) is 0 Å². The third-order valence-corrected chi connectivity index (χ3v) is 2.22. The van der Waals surface area contributed by atoms with Crippen molar-refractivity contribution in [2.24, 2.45) is 12.0 Å². The van der Waals surface area contributed by atoms with Gasteiger partial charge in [-0.15, -0.1) is 0 Å². The van der Waals surface area contributed by atoms with Crippen molar-refractivity contribution >= 4 is 17.9 Å². The minimum atomic E-state index is 0.804. The van der Waals surface area contributed by atoms with E-state index >= 15 is 0 Å². The standard InChI is InChI=1S/C9H14N4/c1-3-4-7-12-8-9(13(7)2)11-6-5-10-8/h5,11H,3-4,6H2,1-2H3. The van der Waals surface area contributed by atoms with E-state index in [1.807, 2.05) is 13.3 Å². The zero-order chi connectivity index (χ0) is 9.26. The van der Waals surface area contributed by atoms with Gasteiger partial charge in [-0.05, 0) is 6.42 Å². The Morgan fingerprint density at radius 3 is 3.15 bits per heavy atom. The summed E-state index contributed by atoms with van der Waals surface area (Å²) in [6.45, 7) is 2.96. The first-order valence-electron chi connectivity index (χ1n) is 4.65. The van der Waals surface area contributed by atoms with E-state index in [0.717, 1.165) is 36.8 Å². The molecule has 0 unspecified atom stereocenters. The monoisotopic (exact) mass is 178 g/mol. The molecule has 2 heterocycles. The van der Waals surface area contributed by atoms with E-state index in [4.69, 9.17) is 0 Å². The third-order valence-electron chi connectivity index (χ3n) is 2.22. The van der Waals surface area contributed by atoms with E-state index < -0.39 is 0 Å². The number of nitrogens with zero attached hydrogens (tertiary/aromatic N) is 3. The van der Waals surface area contributed by atoms with Crippen molar-refractivity contribution < 1.29 is 0 Å². The molecule has 0 amide bonds. The van der Waals surface area contributed by atoms with Crippen LogP contribution in [0.15, 0.2) is 4.99 Å². The van der Waals surface area contributed by atoms with Gasteiger partial charge in [-0.2, -0.15) is 0 Å². The molecular formula is C9H14N4. The van der Waals surface area contributed by atoms with E-state index in [-0.39, 0.29) is 0 Å². The fourth-order valence-electron chi connectivity index (χ4n) is 1.54. The second kappa shape index (κ2) is 3.20.